The lowest BCUT2D eigenvalue weighted by molar-refractivity contribution is -0.121. The Bertz CT molecular complexity index is 1120. The van der Waals surface area contributed by atoms with Gasteiger partial charge < -0.3 is 9.73 Å². The van der Waals surface area contributed by atoms with E-state index in [0.29, 0.717) is 31.5 Å². The van der Waals surface area contributed by atoms with Crippen molar-refractivity contribution in [3.63, 3.8) is 0 Å². The molecule has 0 saturated heterocycles. The van der Waals surface area contributed by atoms with Gasteiger partial charge in [0.25, 0.3) is 0 Å². The molecular formula is C21H20N4O3. The van der Waals surface area contributed by atoms with E-state index in [9.17, 15) is 9.59 Å². The predicted octanol–water partition coefficient (Wildman–Crippen LogP) is 3.08. The Morgan fingerprint density at radius 1 is 1.11 bits per heavy atom. The van der Waals surface area contributed by atoms with Gasteiger partial charge in [0.05, 0.1) is 11.2 Å². The van der Waals surface area contributed by atoms with E-state index in [1.165, 1.54) is 0 Å². The van der Waals surface area contributed by atoms with Crippen molar-refractivity contribution in [2.75, 3.05) is 0 Å². The Morgan fingerprint density at radius 3 is 2.71 bits per heavy atom. The summed E-state index contributed by atoms with van der Waals surface area (Å²) in [5.74, 6) is -0.433. The van der Waals surface area contributed by atoms with Gasteiger partial charge in [0.15, 0.2) is 5.58 Å². The summed E-state index contributed by atoms with van der Waals surface area (Å²) in [5.41, 5.74) is 4.34. The largest absolute Gasteiger partial charge is 0.419 e. The van der Waals surface area contributed by atoms with E-state index >= 15 is 0 Å². The summed E-state index contributed by atoms with van der Waals surface area (Å²) in [4.78, 5) is 24.0. The molecule has 2 aromatic heterocycles. The molecule has 0 fully saturated rings. The maximum atomic E-state index is 12.1. The second-order valence-corrected chi connectivity index (χ2v) is 6.53. The highest BCUT2D eigenvalue weighted by atomic mass is 16.4. The second kappa shape index (κ2) is 7.96. The van der Waals surface area contributed by atoms with Crippen LogP contribution in [0.2, 0.25) is 0 Å². The number of rotatable bonds is 7. The van der Waals surface area contributed by atoms with Gasteiger partial charge >= 0.3 is 5.76 Å². The number of para-hydroxylation sites is 2. The van der Waals surface area contributed by atoms with Crippen molar-refractivity contribution in [2.24, 2.45) is 0 Å². The first-order valence-electron chi connectivity index (χ1n) is 9.14. The highest BCUT2D eigenvalue weighted by Crippen LogP contribution is 2.16. The van der Waals surface area contributed by atoms with Crippen LogP contribution in [0, 0.1) is 0 Å². The van der Waals surface area contributed by atoms with Crippen LogP contribution in [0.15, 0.2) is 70.0 Å². The number of hydrogen-bond acceptors (Lipinski definition) is 4. The minimum absolute atomic E-state index is 0.0431. The second-order valence-electron chi connectivity index (χ2n) is 6.53. The number of aryl methyl sites for hydroxylation is 1. The number of fused-ring (bicyclic) bond motifs is 1. The van der Waals surface area contributed by atoms with Crippen molar-refractivity contribution in [1.82, 2.24) is 20.1 Å². The van der Waals surface area contributed by atoms with Gasteiger partial charge in [0.1, 0.15) is 0 Å². The first-order valence-corrected chi connectivity index (χ1v) is 9.14. The summed E-state index contributed by atoms with van der Waals surface area (Å²) < 4.78 is 6.77. The zero-order valence-corrected chi connectivity index (χ0v) is 15.2. The molecule has 0 bridgehead atoms. The SMILES string of the molecule is O=C(CCCn1c(=O)oc2ccccc21)NCc1ccc(-c2ccn[nH]2)cc1. The predicted molar refractivity (Wildman–Crippen MR) is 106 cm³/mol. The van der Waals surface area contributed by atoms with Gasteiger partial charge in [-0.2, -0.15) is 5.10 Å². The fourth-order valence-corrected chi connectivity index (χ4v) is 3.13. The van der Waals surface area contributed by atoms with Crippen LogP contribution in [0.3, 0.4) is 0 Å². The minimum Gasteiger partial charge on any atom is -0.408 e. The molecule has 0 unspecified atom stereocenters. The van der Waals surface area contributed by atoms with Crippen LogP contribution in [0.5, 0.6) is 0 Å². The molecule has 4 aromatic rings. The van der Waals surface area contributed by atoms with Crippen LogP contribution >= 0.6 is 0 Å². The van der Waals surface area contributed by atoms with E-state index in [0.717, 1.165) is 22.3 Å². The lowest BCUT2D eigenvalue weighted by Crippen LogP contribution is -2.23. The van der Waals surface area contributed by atoms with Crippen LogP contribution in [0.25, 0.3) is 22.4 Å². The Morgan fingerprint density at radius 2 is 1.93 bits per heavy atom. The monoisotopic (exact) mass is 376 g/mol. The summed E-state index contributed by atoms with van der Waals surface area (Å²) in [6.07, 6.45) is 2.62. The molecule has 7 heteroatoms. The molecule has 4 rings (SSSR count). The number of amides is 1. The third-order valence-electron chi connectivity index (χ3n) is 4.61. The Kier molecular flexibility index (Phi) is 5.05. The number of benzene rings is 2. The number of nitrogens with one attached hydrogen (secondary N) is 2. The maximum Gasteiger partial charge on any atom is 0.419 e. The lowest BCUT2D eigenvalue weighted by Gasteiger charge is -2.07. The quantitative estimate of drug-likeness (QED) is 0.518. The number of aromatic amines is 1. The first kappa shape index (κ1) is 17.8. The average molecular weight is 376 g/mol. The number of hydrogen-bond donors (Lipinski definition) is 2. The standard InChI is InChI=1S/C21H20N4O3/c26-20(6-3-13-25-18-4-1-2-5-19(18)28-21(25)27)22-14-15-7-9-16(10-8-15)17-11-12-23-24-17/h1-2,4-5,7-12H,3,6,13-14H2,(H,22,26)(H,23,24). The molecule has 28 heavy (non-hydrogen) atoms. The summed E-state index contributed by atoms with van der Waals surface area (Å²) in [7, 11) is 0. The fourth-order valence-electron chi connectivity index (χ4n) is 3.13. The first-order chi connectivity index (χ1) is 13.7. The van der Waals surface area contributed by atoms with Crippen LogP contribution in [-0.4, -0.2) is 20.7 Å². The molecule has 142 valence electrons. The molecule has 0 radical (unpaired) electrons. The van der Waals surface area contributed by atoms with Crippen LogP contribution in [-0.2, 0) is 17.9 Å². The summed E-state index contributed by atoms with van der Waals surface area (Å²) in [6, 6.07) is 17.1. The third kappa shape index (κ3) is 3.88. The van der Waals surface area contributed by atoms with E-state index in [-0.39, 0.29) is 11.7 Å². The van der Waals surface area contributed by atoms with Crippen molar-refractivity contribution in [3.8, 4) is 11.3 Å². The molecule has 0 aliphatic heterocycles. The molecule has 0 spiro atoms. The minimum atomic E-state index is -0.390. The van der Waals surface area contributed by atoms with Gasteiger partial charge in [-0.25, -0.2) is 4.79 Å². The average Bonchev–Trinajstić information content (AvgIpc) is 3.35. The van der Waals surface area contributed by atoms with Gasteiger partial charge in [0.2, 0.25) is 5.91 Å². The highest BCUT2D eigenvalue weighted by molar-refractivity contribution is 5.76. The summed E-state index contributed by atoms with van der Waals surface area (Å²) in [6.45, 7) is 0.916. The molecule has 0 aliphatic carbocycles. The van der Waals surface area contributed by atoms with Crippen LogP contribution < -0.4 is 11.1 Å². The fraction of sp³-hybridized carbons (Fsp3) is 0.190. The maximum absolute atomic E-state index is 12.1. The molecule has 1 amide bonds. The van der Waals surface area contributed by atoms with Crippen molar-refractivity contribution in [2.45, 2.75) is 25.9 Å². The number of H-pyrrole nitrogens is 1. The third-order valence-corrected chi connectivity index (χ3v) is 4.61. The van der Waals surface area contributed by atoms with E-state index in [2.05, 4.69) is 15.5 Å². The smallest absolute Gasteiger partial charge is 0.408 e. The number of carbonyl (C=O) groups excluding carboxylic acids is 1. The van der Waals surface area contributed by atoms with Crippen molar-refractivity contribution < 1.29 is 9.21 Å². The molecular weight excluding hydrogens is 356 g/mol. The summed E-state index contributed by atoms with van der Waals surface area (Å²) >= 11 is 0. The molecule has 0 aliphatic rings. The lowest BCUT2D eigenvalue weighted by atomic mass is 10.1. The van der Waals surface area contributed by atoms with Crippen LogP contribution in [0.4, 0.5) is 0 Å². The van der Waals surface area contributed by atoms with E-state index in [1.54, 1.807) is 16.8 Å². The van der Waals surface area contributed by atoms with Crippen molar-refractivity contribution in [3.05, 3.63) is 76.9 Å². The van der Waals surface area contributed by atoms with Gasteiger partial charge in [0, 0.05) is 25.7 Å². The zero-order chi connectivity index (χ0) is 19.3. The number of aromatic nitrogens is 3. The Hall–Kier alpha value is -3.61. The number of carbonyl (C=O) groups is 1. The number of nitrogens with zero attached hydrogens (tertiary/aromatic N) is 2. The van der Waals surface area contributed by atoms with E-state index in [1.807, 2.05) is 48.5 Å². The van der Waals surface area contributed by atoms with Gasteiger partial charge in [-0.15, -0.1) is 0 Å². The molecule has 7 nitrogen and oxygen atoms in total. The van der Waals surface area contributed by atoms with E-state index in [4.69, 9.17) is 4.42 Å². The Balaban J connectivity index is 1.27. The summed E-state index contributed by atoms with van der Waals surface area (Å²) in [5, 5.41) is 9.78. The highest BCUT2D eigenvalue weighted by Gasteiger charge is 2.09. The molecule has 2 aromatic carbocycles. The van der Waals surface area contributed by atoms with Crippen molar-refractivity contribution in [1.29, 1.82) is 0 Å². The zero-order valence-electron chi connectivity index (χ0n) is 15.2. The molecule has 2 N–H and O–H groups in total. The van der Waals surface area contributed by atoms with Crippen LogP contribution in [0.1, 0.15) is 18.4 Å². The normalized spacial score (nSPS) is 11.0. The molecule has 0 atom stereocenters. The molecule has 2 heterocycles. The van der Waals surface area contributed by atoms with Gasteiger partial charge in [-0.3, -0.25) is 14.5 Å². The van der Waals surface area contributed by atoms with Gasteiger partial charge in [-0.1, -0.05) is 36.4 Å². The number of oxazole rings is 1. The molecule has 0 saturated carbocycles. The Labute approximate surface area is 161 Å². The van der Waals surface area contributed by atoms with E-state index < -0.39 is 0 Å². The van der Waals surface area contributed by atoms with Crippen molar-refractivity contribution >= 4 is 17.0 Å². The van der Waals surface area contributed by atoms with Gasteiger partial charge in [-0.05, 0) is 35.7 Å². The topological polar surface area (TPSA) is 92.9 Å².